The van der Waals surface area contributed by atoms with Crippen molar-refractivity contribution in [2.45, 2.75) is 23.6 Å². The molecule has 2 aromatic heterocycles. The molecule has 1 fully saturated rings. The minimum absolute atomic E-state index is 0.0818. The monoisotopic (exact) mass is 298 g/mol. The zero-order valence-electron chi connectivity index (χ0n) is 10.4. The minimum Gasteiger partial charge on any atom is -0.248 e. The van der Waals surface area contributed by atoms with Crippen molar-refractivity contribution in [3.8, 4) is 0 Å². The average molecular weight is 298 g/mol. The van der Waals surface area contributed by atoms with Gasteiger partial charge in [-0.25, -0.2) is 13.1 Å². The van der Waals surface area contributed by atoms with E-state index in [4.69, 9.17) is 0 Å². The normalized spacial score (nSPS) is 21.0. The summed E-state index contributed by atoms with van der Waals surface area (Å²) in [5, 5.41) is 7.70. The number of hydrogen-bond acceptors (Lipinski definition) is 5. The predicted octanol–water partition coefficient (Wildman–Crippen LogP) is 1.28. The maximum atomic E-state index is 12.5. The lowest BCUT2D eigenvalue weighted by Gasteiger charge is -2.15. The number of aryl methyl sites for hydroxylation is 1. The van der Waals surface area contributed by atoms with E-state index >= 15 is 0 Å². The highest BCUT2D eigenvalue weighted by Gasteiger charge is 2.34. The molecule has 8 heteroatoms. The smallest absolute Gasteiger partial charge is 0.248 e. The Morgan fingerprint density at radius 2 is 2.26 bits per heavy atom. The Kier molecular flexibility index (Phi) is 3.15. The van der Waals surface area contributed by atoms with Crippen LogP contribution >= 0.6 is 11.3 Å². The SMILES string of the molecule is Cc1ccc(S(=O)(=O)N2CC[C@@H](n3ccnn3)C2)s1. The zero-order valence-corrected chi connectivity index (χ0v) is 12.1. The number of nitrogens with zero attached hydrogens (tertiary/aromatic N) is 4. The third-order valence-corrected chi connectivity index (χ3v) is 6.58. The Morgan fingerprint density at radius 3 is 2.89 bits per heavy atom. The van der Waals surface area contributed by atoms with E-state index in [0.717, 1.165) is 11.3 Å². The molecule has 0 aromatic carbocycles. The highest BCUT2D eigenvalue weighted by atomic mass is 32.2. The molecular weight excluding hydrogens is 284 g/mol. The van der Waals surface area contributed by atoms with E-state index in [1.807, 2.05) is 13.0 Å². The first-order valence-corrected chi connectivity index (χ1v) is 8.25. The van der Waals surface area contributed by atoms with Crippen LogP contribution in [-0.4, -0.2) is 40.8 Å². The molecule has 0 bridgehead atoms. The van der Waals surface area contributed by atoms with Gasteiger partial charge in [-0.3, -0.25) is 0 Å². The minimum atomic E-state index is -3.35. The Hall–Kier alpha value is -1.25. The van der Waals surface area contributed by atoms with Crippen LogP contribution in [0, 0.1) is 6.92 Å². The average Bonchev–Trinajstić information content (AvgIpc) is 3.10. The summed E-state index contributed by atoms with van der Waals surface area (Å²) >= 11 is 1.32. The van der Waals surface area contributed by atoms with Gasteiger partial charge in [-0.1, -0.05) is 5.21 Å². The molecule has 1 aliphatic heterocycles. The molecule has 0 aliphatic carbocycles. The zero-order chi connectivity index (χ0) is 13.5. The number of hydrogen-bond donors (Lipinski definition) is 0. The highest BCUT2D eigenvalue weighted by molar-refractivity contribution is 7.91. The fourth-order valence-electron chi connectivity index (χ4n) is 2.23. The lowest BCUT2D eigenvalue weighted by molar-refractivity contribution is 0.429. The molecule has 0 spiro atoms. The lowest BCUT2D eigenvalue weighted by atomic mass is 10.3. The van der Waals surface area contributed by atoms with Crippen LogP contribution in [0.2, 0.25) is 0 Å². The van der Waals surface area contributed by atoms with Crippen LogP contribution in [0.15, 0.2) is 28.7 Å². The summed E-state index contributed by atoms with van der Waals surface area (Å²) in [7, 11) is -3.35. The van der Waals surface area contributed by atoms with Crippen molar-refractivity contribution in [2.75, 3.05) is 13.1 Å². The number of aromatic nitrogens is 3. The molecule has 19 heavy (non-hydrogen) atoms. The molecule has 3 rings (SSSR count). The summed E-state index contributed by atoms with van der Waals surface area (Å²) < 4.78 is 28.6. The third kappa shape index (κ3) is 2.31. The van der Waals surface area contributed by atoms with Crippen molar-refractivity contribution in [3.05, 3.63) is 29.4 Å². The third-order valence-electron chi connectivity index (χ3n) is 3.25. The van der Waals surface area contributed by atoms with Crippen molar-refractivity contribution < 1.29 is 8.42 Å². The van der Waals surface area contributed by atoms with Crippen LogP contribution in [0.4, 0.5) is 0 Å². The summed E-state index contributed by atoms with van der Waals surface area (Å²) in [6.45, 7) is 2.90. The number of thiophene rings is 1. The van der Waals surface area contributed by atoms with E-state index in [2.05, 4.69) is 10.3 Å². The van der Waals surface area contributed by atoms with Gasteiger partial charge in [0.05, 0.1) is 12.2 Å². The fourth-order valence-corrected chi connectivity index (χ4v) is 5.16. The van der Waals surface area contributed by atoms with Gasteiger partial charge in [0, 0.05) is 24.2 Å². The van der Waals surface area contributed by atoms with E-state index in [-0.39, 0.29) is 6.04 Å². The molecule has 1 saturated heterocycles. The van der Waals surface area contributed by atoms with E-state index < -0.39 is 10.0 Å². The first-order valence-electron chi connectivity index (χ1n) is 6.00. The molecule has 6 nitrogen and oxygen atoms in total. The van der Waals surface area contributed by atoms with Gasteiger partial charge in [0.25, 0.3) is 10.0 Å². The maximum Gasteiger partial charge on any atom is 0.252 e. The lowest BCUT2D eigenvalue weighted by Crippen LogP contribution is -2.28. The molecule has 102 valence electrons. The molecule has 2 aromatic rings. The number of sulfonamides is 1. The fraction of sp³-hybridized carbons (Fsp3) is 0.455. The van der Waals surface area contributed by atoms with Crippen LogP contribution in [0.5, 0.6) is 0 Å². The van der Waals surface area contributed by atoms with Crippen LogP contribution in [0.3, 0.4) is 0 Å². The quantitative estimate of drug-likeness (QED) is 0.856. The molecule has 1 atom stereocenters. The second-order valence-corrected chi connectivity index (χ2v) is 8.01. The van der Waals surface area contributed by atoms with Crippen LogP contribution in [0.1, 0.15) is 17.3 Å². The first-order chi connectivity index (χ1) is 9.07. The van der Waals surface area contributed by atoms with Crippen molar-refractivity contribution in [2.24, 2.45) is 0 Å². The Balaban J connectivity index is 1.81. The van der Waals surface area contributed by atoms with E-state index in [1.165, 1.54) is 15.6 Å². The van der Waals surface area contributed by atoms with Gasteiger partial charge in [0.15, 0.2) is 0 Å². The van der Waals surface area contributed by atoms with E-state index in [0.29, 0.717) is 17.3 Å². The molecule has 0 amide bonds. The van der Waals surface area contributed by atoms with Gasteiger partial charge < -0.3 is 0 Å². The maximum absolute atomic E-state index is 12.5. The van der Waals surface area contributed by atoms with Crippen LogP contribution < -0.4 is 0 Å². The molecule has 0 N–H and O–H groups in total. The standard InChI is InChI=1S/C11H14N4O2S2/c1-9-2-3-11(18-9)19(16,17)14-6-4-10(8-14)15-7-5-12-13-15/h2-3,5,7,10H,4,6,8H2,1H3/t10-/m1/s1. The van der Waals surface area contributed by atoms with E-state index in [9.17, 15) is 8.42 Å². The number of rotatable bonds is 3. The molecular formula is C11H14N4O2S2. The summed E-state index contributed by atoms with van der Waals surface area (Å²) in [6.07, 6.45) is 4.16. The highest BCUT2D eigenvalue weighted by Crippen LogP contribution is 2.29. The molecule has 0 unspecified atom stereocenters. The van der Waals surface area contributed by atoms with Crippen molar-refractivity contribution in [3.63, 3.8) is 0 Å². The van der Waals surface area contributed by atoms with Gasteiger partial charge in [-0.15, -0.1) is 16.4 Å². The Labute approximate surface area is 115 Å². The summed E-state index contributed by atoms with van der Waals surface area (Å²) in [4.78, 5) is 1.01. The summed E-state index contributed by atoms with van der Waals surface area (Å²) in [6, 6.07) is 3.60. The van der Waals surface area contributed by atoms with Gasteiger partial charge in [0.2, 0.25) is 0 Å². The van der Waals surface area contributed by atoms with Crippen LogP contribution in [0.25, 0.3) is 0 Å². The van der Waals surface area contributed by atoms with Gasteiger partial charge in [-0.2, -0.15) is 4.31 Å². The van der Waals surface area contributed by atoms with Gasteiger partial charge in [0.1, 0.15) is 4.21 Å². The Morgan fingerprint density at radius 1 is 1.42 bits per heavy atom. The molecule has 1 aliphatic rings. The van der Waals surface area contributed by atoms with Gasteiger partial charge >= 0.3 is 0 Å². The summed E-state index contributed by atoms with van der Waals surface area (Å²) in [5.74, 6) is 0. The predicted molar refractivity (Wildman–Crippen MR) is 71.5 cm³/mol. The largest absolute Gasteiger partial charge is 0.252 e. The van der Waals surface area contributed by atoms with E-state index in [1.54, 1.807) is 23.1 Å². The molecule has 3 heterocycles. The Bertz CT molecular complexity index is 663. The van der Waals surface area contributed by atoms with Crippen molar-refractivity contribution >= 4 is 21.4 Å². The van der Waals surface area contributed by atoms with Crippen molar-refractivity contribution in [1.29, 1.82) is 0 Å². The summed E-state index contributed by atoms with van der Waals surface area (Å²) in [5.41, 5.74) is 0. The topological polar surface area (TPSA) is 68.1 Å². The second kappa shape index (κ2) is 4.69. The molecule has 0 saturated carbocycles. The van der Waals surface area contributed by atoms with Gasteiger partial charge in [-0.05, 0) is 25.5 Å². The second-order valence-electron chi connectivity index (χ2n) is 4.55. The van der Waals surface area contributed by atoms with Crippen molar-refractivity contribution in [1.82, 2.24) is 19.3 Å². The molecule has 0 radical (unpaired) electrons. The van der Waals surface area contributed by atoms with Crippen LogP contribution in [-0.2, 0) is 10.0 Å². The first kappa shape index (κ1) is 12.8.